The summed E-state index contributed by atoms with van der Waals surface area (Å²) >= 11 is 0. The van der Waals surface area contributed by atoms with E-state index in [9.17, 15) is 18.0 Å². The van der Waals surface area contributed by atoms with Crippen LogP contribution in [0.3, 0.4) is 0 Å². The lowest BCUT2D eigenvalue weighted by Crippen LogP contribution is -2.18. The van der Waals surface area contributed by atoms with Crippen LogP contribution >= 0.6 is 0 Å². The molecule has 0 saturated carbocycles. The second-order valence-corrected chi connectivity index (χ2v) is 3.57. The van der Waals surface area contributed by atoms with E-state index in [1.807, 2.05) is 0 Å². The molecular weight excluding hydrogens is 259 g/mol. The van der Waals surface area contributed by atoms with Gasteiger partial charge in [0, 0.05) is 12.4 Å². The van der Waals surface area contributed by atoms with Gasteiger partial charge in [-0.15, -0.1) is 0 Å². The number of aromatic nitrogens is 2. The molecule has 2 aromatic rings. The van der Waals surface area contributed by atoms with Crippen molar-refractivity contribution >= 4 is 11.6 Å². The Morgan fingerprint density at radius 1 is 1.05 bits per heavy atom. The summed E-state index contributed by atoms with van der Waals surface area (Å²) in [6.07, 6.45) is -1.88. The van der Waals surface area contributed by atoms with Gasteiger partial charge in [-0.3, -0.25) is 4.79 Å². The van der Waals surface area contributed by atoms with Crippen molar-refractivity contribution in [3.63, 3.8) is 0 Å². The third kappa shape index (κ3) is 3.06. The monoisotopic (exact) mass is 267 g/mol. The van der Waals surface area contributed by atoms with E-state index in [-0.39, 0.29) is 11.5 Å². The smallest absolute Gasteiger partial charge is 0.319 e. The predicted octanol–water partition coefficient (Wildman–Crippen LogP) is 2.75. The lowest BCUT2D eigenvalue weighted by Gasteiger charge is -2.12. The summed E-state index contributed by atoms with van der Waals surface area (Å²) in [4.78, 5) is 19.0. The predicted molar refractivity (Wildman–Crippen MR) is 61.4 cm³/mol. The van der Waals surface area contributed by atoms with Gasteiger partial charge in [0.05, 0.1) is 11.3 Å². The number of benzene rings is 1. The molecule has 0 aliphatic rings. The number of carbonyl (C=O) groups excluding carboxylic acids is 1. The molecule has 0 saturated heterocycles. The van der Waals surface area contributed by atoms with Crippen LogP contribution in [-0.4, -0.2) is 15.9 Å². The normalized spacial score (nSPS) is 11.1. The molecule has 7 heteroatoms. The summed E-state index contributed by atoms with van der Waals surface area (Å²) in [6.45, 7) is 0. The number of amides is 1. The van der Waals surface area contributed by atoms with Gasteiger partial charge < -0.3 is 5.32 Å². The van der Waals surface area contributed by atoms with E-state index in [0.29, 0.717) is 0 Å². The van der Waals surface area contributed by atoms with E-state index >= 15 is 0 Å². The van der Waals surface area contributed by atoms with Crippen molar-refractivity contribution in [1.82, 2.24) is 9.97 Å². The molecule has 0 unspecified atom stereocenters. The minimum Gasteiger partial charge on any atom is -0.319 e. The first-order valence-corrected chi connectivity index (χ1v) is 5.23. The van der Waals surface area contributed by atoms with Crippen molar-refractivity contribution in [1.29, 1.82) is 0 Å². The molecule has 19 heavy (non-hydrogen) atoms. The zero-order chi connectivity index (χ0) is 13.9. The average Bonchev–Trinajstić information content (AvgIpc) is 2.39. The molecule has 0 aliphatic carbocycles. The van der Waals surface area contributed by atoms with Crippen LogP contribution in [0.1, 0.15) is 16.2 Å². The summed E-state index contributed by atoms with van der Waals surface area (Å²) in [5.41, 5.74) is -1.24. The number of rotatable bonds is 2. The molecule has 0 aliphatic heterocycles. The first-order chi connectivity index (χ1) is 8.98. The van der Waals surface area contributed by atoms with Gasteiger partial charge in [0.2, 0.25) is 5.82 Å². The van der Waals surface area contributed by atoms with Crippen LogP contribution in [0.2, 0.25) is 0 Å². The Hall–Kier alpha value is -2.44. The third-order valence-electron chi connectivity index (χ3n) is 2.25. The Bertz CT molecular complexity index is 584. The molecule has 1 aromatic heterocycles. The molecule has 1 amide bonds. The highest BCUT2D eigenvalue weighted by molar-refractivity contribution is 6.01. The van der Waals surface area contributed by atoms with E-state index in [4.69, 9.17) is 0 Å². The van der Waals surface area contributed by atoms with E-state index in [0.717, 1.165) is 6.07 Å². The minimum atomic E-state index is -4.54. The van der Waals surface area contributed by atoms with Crippen LogP contribution in [0.25, 0.3) is 0 Å². The Morgan fingerprint density at radius 3 is 2.32 bits per heavy atom. The molecule has 1 N–H and O–H groups in total. The van der Waals surface area contributed by atoms with E-state index in [2.05, 4.69) is 15.3 Å². The highest BCUT2D eigenvalue weighted by Crippen LogP contribution is 2.34. The SMILES string of the molecule is O=C(Nc1ccccc1C(F)(F)F)c1ncccn1. The van der Waals surface area contributed by atoms with Crippen LogP contribution in [-0.2, 0) is 6.18 Å². The molecule has 2 rings (SSSR count). The van der Waals surface area contributed by atoms with Gasteiger partial charge in [0.15, 0.2) is 0 Å². The maximum atomic E-state index is 12.7. The van der Waals surface area contributed by atoms with Crippen LogP contribution in [0.4, 0.5) is 18.9 Å². The average molecular weight is 267 g/mol. The second kappa shape index (κ2) is 5.05. The zero-order valence-electron chi connectivity index (χ0n) is 9.48. The van der Waals surface area contributed by atoms with E-state index < -0.39 is 17.6 Å². The number of para-hydroxylation sites is 1. The highest BCUT2D eigenvalue weighted by Gasteiger charge is 2.33. The van der Waals surface area contributed by atoms with Gasteiger partial charge in [0.25, 0.3) is 5.91 Å². The van der Waals surface area contributed by atoms with Crippen LogP contribution in [0.5, 0.6) is 0 Å². The van der Waals surface area contributed by atoms with Gasteiger partial charge in [-0.25, -0.2) is 9.97 Å². The number of halogens is 3. The van der Waals surface area contributed by atoms with Crippen molar-refractivity contribution in [2.75, 3.05) is 5.32 Å². The molecule has 0 radical (unpaired) electrons. The largest absolute Gasteiger partial charge is 0.418 e. The summed E-state index contributed by atoms with van der Waals surface area (Å²) in [5, 5.41) is 2.15. The maximum absolute atomic E-state index is 12.7. The highest BCUT2D eigenvalue weighted by atomic mass is 19.4. The number of anilines is 1. The van der Waals surface area contributed by atoms with Crippen molar-refractivity contribution in [3.05, 3.63) is 54.1 Å². The van der Waals surface area contributed by atoms with Crippen LogP contribution < -0.4 is 5.32 Å². The number of carbonyl (C=O) groups is 1. The van der Waals surface area contributed by atoms with Crippen molar-refractivity contribution < 1.29 is 18.0 Å². The van der Waals surface area contributed by atoms with Crippen LogP contribution in [0.15, 0.2) is 42.7 Å². The van der Waals surface area contributed by atoms with Gasteiger partial charge in [-0.05, 0) is 18.2 Å². The summed E-state index contributed by atoms with van der Waals surface area (Å²) in [5.74, 6) is -0.989. The lowest BCUT2D eigenvalue weighted by molar-refractivity contribution is -0.136. The number of alkyl halides is 3. The minimum absolute atomic E-state index is 0.195. The van der Waals surface area contributed by atoms with E-state index in [1.165, 1.54) is 36.7 Å². The fourth-order valence-electron chi connectivity index (χ4n) is 1.43. The maximum Gasteiger partial charge on any atom is 0.418 e. The number of nitrogens with one attached hydrogen (secondary N) is 1. The molecule has 0 spiro atoms. The molecule has 0 atom stereocenters. The lowest BCUT2D eigenvalue weighted by atomic mass is 10.1. The first-order valence-electron chi connectivity index (χ1n) is 5.23. The van der Waals surface area contributed by atoms with E-state index in [1.54, 1.807) is 0 Å². The molecule has 0 bridgehead atoms. The summed E-state index contributed by atoms with van der Waals surface area (Å²) < 4.78 is 38.2. The molecule has 1 aromatic carbocycles. The quantitative estimate of drug-likeness (QED) is 0.910. The Morgan fingerprint density at radius 2 is 1.68 bits per heavy atom. The zero-order valence-corrected chi connectivity index (χ0v) is 9.48. The molecule has 4 nitrogen and oxygen atoms in total. The molecule has 98 valence electrons. The topological polar surface area (TPSA) is 54.9 Å². The van der Waals surface area contributed by atoms with Crippen molar-refractivity contribution in [3.8, 4) is 0 Å². The Balaban J connectivity index is 2.28. The van der Waals surface area contributed by atoms with Crippen LogP contribution in [0, 0.1) is 0 Å². The Kier molecular flexibility index (Phi) is 3.46. The fraction of sp³-hybridized carbons (Fsp3) is 0.0833. The standard InChI is InChI=1S/C12H8F3N3O/c13-12(14,15)8-4-1-2-5-9(8)18-11(19)10-16-6-3-7-17-10/h1-7H,(H,18,19). The Labute approximate surface area is 106 Å². The molecule has 0 fully saturated rings. The number of nitrogens with zero attached hydrogens (tertiary/aromatic N) is 2. The first kappa shape index (κ1) is 13.0. The fourth-order valence-corrected chi connectivity index (χ4v) is 1.43. The number of hydrogen-bond donors (Lipinski definition) is 1. The number of hydrogen-bond acceptors (Lipinski definition) is 3. The summed E-state index contributed by atoms with van der Waals surface area (Å²) in [6, 6.07) is 6.21. The second-order valence-electron chi connectivity index (χ2n) is 3.57. The van der Waals surface area contributed by atoms with Crippen molar-refractivity contribution in [2.45, 2.75) is 6.18 Å². The van der Waals surface area contributed by atoms with Gasteiger partial charge in [0.1, 0.15) is 0 Å². The van der Waals surface area contributed by atoms with Gasteiger partial charge in [-0.1, -0.05) is 12.1 Å². The van der Waals surface area contributed by atoms with Gasteiger partial charge >= 0.3 is 6.18 Å². The molecule has 1 heterocycles. The van der Waals surface area contributed by atoms with Crippen molar-refractivity contribution in [2.24, 2.45) is 0 Å². The summed E-state index contributed by atoms with van der Waals surface area (Å²) in [7, 11) is 0. The third-order valence-corrected chi connectivity index (χ3v) is 2.25. The molecular formula is C12H8F3N3O. The van der Waals surface area contributed by atoms with Gasteiger partial charge in [-0.2, -0.15) is 13.2 Å².